The van der Waals surface area contributed by atoms with Crippen LogP contribution < -0.4 is 0 Å². The van der Waals surface area contributed by atoms with Gasteiger partial charge in [0.15, 0.2) is 8.24 Å². The average Bonchev–Trinajstić information content (AvgIpc) is 2.36. The summed E-state index contributed by atoms with van der Waals surface area (Å²) in [5.41, 5.74) is 1.05. The van der Waals surface area contributed by atoms with Crippen molar-refractivity contribution in [1.82, 2.24) is 3.97 Å². The van der Waals surface area contributed by atoms with Gasteiger partial charge in [-0.2, -0.15) is 0 Å². The van der Waals surface area contributed by atoms with E-state index in [1.807, 2.05) is 32.2 Å². The summed E-state index contributed by atoms with van der Waals surface area (Å²) >= 11 is 3.44. The van der Waals surface area contributed by atoms with Crippen molar-refractivity contribution in [3.05, 3.63) is 42.5 Å². The Morgan fingerprint density at radius 1 is 1.32 bits per heavy atom. The highest BCUT2D eigenvalue weighted by molar-refractivity contribution is 9.09. The van der Waals surface area contributed by atoms with Crippen LogP contribution in [0.1, 0.15) is 5.56 Å². The summed E-state index contributed by atoms with van der Waals surface area (Å²) in [4.78, 5) is 1.04. The SMILES string of the molecule is C=CCN([Si](C)(C)CBr)S(=O)(=O)c1ccc(C)cc1. The van der Waals surface area contributed by atoms with Crippen molar-refractivity contribution < 1.29 is 8.42 Å². The quantitative estimate of drug-likeness (QED) is 0.442. The van der Waals surface area contributed by atoms with Crippen LogP contribution in [0, 0.1) is 6.92 Å². The molecular formula is C13H20BrNO2SSi. The van der Waals surface area contributed by atoms with E-state index in [-0.39, 0.29) is 0 Å². The van der Waals surface area contributed by atoms with Crippen LogP contribution in [0.3, 0.4) is 0 Å². The first-order valence-electron chi connectivity index (χ1n) is 6.02. The zero-order chi connectivity index (χ0) is 14.7. The number of benzene rings is 1. The maximum atomic E-state index is 12.7. The summed E-state index contributed by atoms with van der Waals surface area (Å²) in [6, 6.07) is 6.97. The van der Waals surface area contributed by atoms with Gasteiger partial charge in [0.1, 0.15) is 0 Å². The Balaban J connectivity index is 3.28. The van der Waals surface area contributed by atoms with Crippen LogP contribution in [-0.2, 0) is 10.0 Å². The Labute approximate surface area is 125 Å². The van der Waals surface area contributed by atoms with Gasteiger partial charge in [-0.1, -0.05) is 52.8 Å². The largest absolute Gasteiger partial charge is 0.237 e. The van der Waals surface area contributed by atoms with E-state index < -0.39 is 18.3 Å². The fraction of sp³-hybridized carbons (Fsp3) is 0.385. The molecule has 0 unspecified atom stereocenters. The second kappa shape index (κ2) is 6.34. The Morgan fingerprint density at radius 2 is 1.84 bits per heavy atom. The first kappa shape index (κ1) is 16.6. The minimum absolute atomic E-state index is 0.348. The van der Waals surface area contributed by atoms with Crippen LogP contribution in [0.2, 0.25) is 13.1 Å². The van der Waals surface area contributed by atoms with Gasteiger partial charge in [-0.15, -0.1) is 6.58 Å². The van der Waals surface area contributed by atoms with Gasteiger partial charge in [0, 0.05) is 11.5 Å². The first-order valence-corrected chi connectivity index (χ1v) is 11.7. The van der Waals surface area contributed by atoms with Crippen LogP contribution in [0.25, 0.3) is 0 Å². The summed E-state index contributed by atoms with van der Waals surface area (Å²) in [6.07, 6.45) is 1.64. The molecule has 0 fully saturated rings. The van der Waals surface area contributed by atoms with Crippen LogP contribution in [0.15, 0.2) is 41.8 Å². The van der Waals surface area contributed by atoms with E-state index in [1.165, 1.54) is 0 Å². The molecule has 106 valence electrons. The smallest absolute Gasteiger partial charge is 0.216 e. The molecule has 0 amide bonds. The van der Waals surface area contributed by atoms with Crippen molar-refractivity contribution in [2.75, 3.05) is 11.5 Å². The molecule has 0 aromatic heterocycles. The number of hydrogen-bond donors (Lipinski definition) is 0. The number of alkyl halides is 1. The third kappa shape index (κ3) is 3.78. The summed E-state index contributed by atoms with van der Waals surface area (Å²) < 4.78 is 27.1. The number of rotatable bonds is 6. The number of sulfonamides is 1. The van der Waals surface area contributed by atoms with Gasteiger partial charge in [-0.05, 0) is 19.1 Å². The Morgan fingerprint density at radius 3 is 2.26 bits per heavy atom. The minimum Gasteiger partial charge on any atom is -0.216 e. The molecule has 6 heteroatoms. The van der Waals surface area contributed by atoms with Crippen LogP contribution in [0.4, 0.5) is 0 Å². The maximum Gasteiger partial charge on any atom is 0.237 e. The zero-order valence-electron chi connectivity index (χ0n) is 11.6. The van der Waals surface area contributed by atoms with Crippen LogP contribution in [0.5, 0.6) is 0 Å². The van der Waals surface area contributed by atoms with E-state index in [0.717, 1.165) is 5.56 Å². The predicted molar refractivity (Wildman–Crippen MR) is 86.5 cm³/mol. The zero-order valence-corrected chi connectivity index (χ0v) is 15.0. The van der Waals surface area contributed by atoms with Gasteiger partial charge in [0.25, 0.3) is 0 Å². The first-order chi connectivity index (χ1) is 8.75. The third-order valence-electron chi connectivity index (χ3n) is 2.91. The molecule has 0 spiro atoms. The lowest BCUT2D eigenvalue weighted by Crippen LogP contribution is -2.53. The molecule has 0 saturated carbocycles. The molecule has 0 radical (unpaired) electrons. The lowest BCUT2D eigenvalue weighted by atomic mass is 10.2. The molecule has 1 aromatic carbocycles. The molecule has 0 atom stereocenters. The Kier molecular flexibility index (Phi) is 5.55. The van der Waals surface area contributed by atoms with E-state index in [0.29, 0.717) is 16.4 Å². The second-order valence-corrected chi connectivity index (χ2v) is 13.4. The Hall–Kier alpha value is -0.433. The fourth-order valence-corrected chi connectivity index (χ4v) is 8.00. The van der Waals surface area contributed by atoms with E-state index in [9.17, 15) is 8.42 Å². The molecule has 0 aliphatic rings. The molecule has 1 aromatic rings. The molecule has 1 rings (SSSR count). The molecule has 0 aliphatic heterocycles. The number of aryl methyl sites for hydroxylation is 1. The summed E-state index contributed by atoms with van der Waals surface area (Å²) in [5.74, 6) is 0. The van der Waals surface area contributed by atoms with Crippen molar-refractivity contribution in [3.8, 4) is 0 Å². The average molecular weight is 362 g/mol. The van der Waals surface area contributed by atoms with E-state index in [4.69, 9.17) is 0 Å². The van der Waals surface area contributed by atoms with E-state index in [1.54, 1.807) is 22.2 Å². The minimum atomic E-state index is -3.46. The van der Waals surface area contributed by atoms with Crippen LogP contribution in [-0.4, -0.2) is 32.1 Å². The molecule has 0 N–H and O–H groups in total. The van der Waals surface area contributed by atoms with Crippen molar-refractivity contribution in [3.63, 3.8) is 0 Å². The van der Waals surface area contributed by atoms with Crippen LogP contribution >= 0.6 is 15.9 Å². The maximum absolute atomic E-state index is 12.7. The highest BCUT2D eigenvalue weighted by Crippen LogP contribution is 2.23. The summed E-state index contributed by atoms with van der Waals surface area (Å²) in [6.45, 7) is 10.0. The molecular weight excluding hydrogens is 342 g/mol. The molecule has 19 heavy (non-hydrogen) atoms. The van der Waals surface area contributed by atoms with Crippen molar-refractivity contribution in [1.29, 1.82) is 0 Å². The van der Waals surface area contributed by atoms with Gasteiger partial charge >= 0.3 is 0 Å². The number of nitrogens with zero attached hydrogens (tertiary/aromatic N) is 1. The predicted octanol–water partition coefficient (Wildman–Crippen LogP) is 3.31. The van der Waals surface area contributed by atoms with Gasteiger partial charge in [0.2, 0.25) is 10.0 Å². The third-order valence-corrected chi connectivity index (χ3v) is 13.0. The van der Waals surface area contributed by atoms with E-state index in [2.05, 4.69) is 22.5 Å². The second-order valence-electron chi connectivity index (χ2n) is 5.08. The lowest BCUT2D eigenvalue weighted by molar-refractivity contribution is 0.541. The summed E-state index contributed by atoms with van der Waals surface area (Å²) in [5, 5.41) is 0. The van der Waals surface area contributed by atoms with Gasteiger partial charge in [-0.3, -0.25) is 0 Å². The topological polar surface area (TPSA) is 37.4 Å². The fourth-order valence-electron chi connectivity index (χ4n) is 1.69. The molecule has 0 bridgehead atoms. The highest BCUT2D eigenvalue weighted by Gasteiger charge is 2.37. The van der Waals surface area contributed by atoms with Crippen molar-refractivity contribution in [2.45, 2.75) is 24.9 Å². The monoisotopic (exact) mass is 361 g/mol. The van der Waals surface area contributed by atoms with Gasteiger partial charge in [-0.25, -0.2) is 12.4 Å². The standard InChI is InChI=1S/C13H20BrNO2SSi/c1-5-10-15(19(3,4)11-14)18(16,17)13-8-6-12(2)7-9-13/h5-9H,1,10-11H2,2-4H3. The Bertz CT molecular complexity index is 540. The molecule has 0 aliphatic carbocycles. The normalized spacial score (nSPS) is 12.7. The number of hydrogen-bond acceptors (Lipinski definition) is 2. The molecule has 0 saturated heterocycles. The van der Waals surface area contributed by atoms with Gasteiger partial charge < -0.3 is 0 Å². The van der Waals surface area contributed by atoms with Gasteiger partial charge in [0.05, 0.1) is 4.90 Å². The summed E-state index contributed by atoms with van der Waals surface area (Å²) in [7, 11) is -5.52. The van der Waals surface area contributed by atoms with Crippen molar-refractivity contribution in [2.24, 2.45) is 0 Å². The highest BCUT2D eigenvalue weighted by atomic mass is 79.9. The number of halogens is 1. The molecule has 0 heterocycles. The molecule has 3 nitrogen and oxygen atoms in total. The van der Waals surface area contributed by atoms with Crippen molar-refractivity contribution >= 4 is 34.2 Å². The lowest BCUT2D eigenvalue weighted by Gasteiger charge is -2.33. The van der Waals surface area contributed by atoms with E-state index >= 15 is 0 Å².